The van der Waals surface area contributed by atoms with E-state index in [4.69, 9.17) is 14.5 Å². The number of aromatic nitrogens is 1. The molecule has 0 bridgehead atoms. The Morgan fingerprint density at radius 1 is 1.12 bits per heavy atom. The molecule has 3 heterocycles. The summed E-state index contributed by atoms with van der Waals surface area (Å²) in [6, 6.07) is 12.6. The lowest BCUT2D eigenvalue weighted by Crippen LogP contribution is -2.65. The van der Waals surface area contributed by atoms with Crippen LogP contribution in [0.3, 0.4) is 0 Å². The Bertz CT molecular complexity index is 752. The monoisotopic (exact) mass is 338 g/mol. The van der Waals surface area contributed by atoms with Crippen LogP contribution in [0.25, 0.3) is 10.9 Å². The van der Waals surface area contributed by atoms with E-state index in [2.05, 4.69) is 41.3 Å². The zero-order valence-corrected chi connectivity index (χ0v) is 14.7. The third-order valence-corrected chi connectivity index (χ3v) is 5.78. The molecule has 2 saturated heterocycles. The maximum absolute atomic E-state index is 6.15. The molecule has 1 spiro atoms. The molecule has 4 heteroatoms. The molecule has 1 aromatic carbocycles. The molecule has 5 rings (SSSR count). The second kappa shape index (κ2) is 6.35. The van der Waals surface area contributed by atoms with Crippen molar-refractivity contribution in [1.29, 1.82) is 0 Å². The summed E-state index contributed by atoms with van der Waals surface area (Å²) in [4.78, 5) is 7.24. The van der Waals surface area contributed by atoms with Gasteiger partial charge in [0.15, 0.2) is 0 Å². The van der Waals surface area contributed by atoms with E-state index in [1.165, 1.54) is 18.2 Å². The molecule has 1 aromatic heterocycles. The highest BCUT2D eigenvalue weighted by Crippen LogP contribution is 2.37. The molecule has 2 aliphatic heterocycles. The van der Waals surface area contributed by atoms with E-state index in [1.807, 2.05) is 0 Å². The fourth-order valence-electron chi connectivity index (χ4n) is 4.21. The van der Waals surface area contributed by atoms with Gasteiger partial charge in [0.25, 0.3) is 0 Å². The largest absolute Gasteiger partial charge is 0.378 e. The first-order valence-corrected chi connectivity index (χ1v) is 9.61. The van der Waals surface area contributed by atoms with E-state index in [9.17, 15) is 0 Å². The highest BCUT2D eigenvalue weighted by molar-refractivity contribution is 5.78. The highest BCUT2D eigenvalue weighted by Gasteiger charge is 2.47. The van der Waals surface area contributed by atoms with Gasteiger partial charge in [-0.1, -0.05) is 24.3 Å². The summed E-state index contributed by atoms with van der Waals surface area (Å²) in [7, 11) is 0. The van der Waals surface area contributed by atoms with Crippen molar-refractivity contribution < 1.29 is 9.47 Å². The Balaban J connectivity index is 1.17. The maximum atomic E-state index is 6.15. The van der Waals surface area contributed by atoms with Crippen molar-refractivity contribution in [3.63, 3.8) is 0 Å². The van der Waals surface area contributed by atoms with Gasteiger partial charge in [-0.15, -0.1) is 0 Å². The standard InChI is InChI=1S/C21H26N2O2/c1-2-4-20-17(3-1)7-8-18(22-20)12-23-14-21(15-23)11-19(9-10-25-21)24-13-16-5-6-16/h1-4,7-8,16,19H,5-6,9-15H2/t19-/m1/s1. The highest BCUT2D eigenvalue weighted by atomic mass is 16.5. The summed E-state index contributed by atoms with van der Waals surface area (Å²) in [6.45, 7) is 4.72. The SMILES string of the molecule is c1ccc2nc(CN3CC4(C[C@H](OCC5CC5)CCO4)C3)ccc2c1. The third-order valence-electron chi connectivity index (χ3n) is 5.78. The molecule has 1 saturated carbocycles. The van der Waals surface area contributed by atoms with Crippen LogP contribution in [-0.2, 0) is 16.0 Å². The minimum absolute atomic E-state index is 0.0311. The lowest BCUT2D eigenvalue weighted by Gasteiger charge is -2.53. The van der Waals surface area contributed by atoms with Crippen LogP contribution in [-0.4, -0.2) is 47.9 Å². The molecule has 0 N–H and O–H groups in total. The minimum Gasteiger partial charge on any atom is -0.378 e. The molecule has 1 aliphatic carbocycles. The van der Waals surface area contributed by atoms with Gasteiger partial charge in [-0.05, 0) is 37.3 Å². The van der Waals surface area contributed by atoms with Crippen LogP contribution in [0.1, 0.15) is 31.4 Å². The maximum Gasteiger partial charge on any atom is 0.0959 e. The van der Waals surface area contributed by atoms with E-state index in [0.717, 1.165) is 62.8 Å². The molecule has 132 valence electrons. The number of likely N-dealkylation sites (tertiary alicyclic amines) is 1. The molecule has 0 radical (unpaired) electrons. The summed E-state index contributed by atoms with van der Waals surface area (Å²) in [5.74, 6) is 0.843. The van der Waals surface area contributed by atoms with Crippen molar-refractivity contribution >= 4 is 10.9 Å². The number of rotatable bonds is 5. The summed E-state index contributed by atoms with van der Waals surface area (Å²) >= 11 is 0. The summed E-state index contributed by atoms with van der Waals surface area (Å²) in [5.41, 5.74) is 2.26. The molecule has 4 nitrogen and oxygen atoms in total. The second-order valence-corrected chi connectivity index (χ2v) is 8.06. The van der Waals surface area contributed by atoms with E-state index in [-0.39, 0.29) is 5.60 Å². The van der Waals surface area contributed by atoms with E-state index in [0.29, 0.717) is 6.10 Å². The van der Waals surface area contributed by atoms with Gasteiger partial charge in [0.2, 0.25) is 0 Å². The fourth-order valence-corrected chi connectivity index (χ4v) is 4.21. The molecule has 0 amide bonds. The van der Waals surface area contributed by atoms with Gasteiger partial charge in [-0.2, -0.15) is 0 Å². The number of nitrogens with zero attached hydrogens (tertiary/aromatic N) is 2. The van der Waals surface area contributed by atoms with Gasteiger partial charge in [0.05, 0.1) is 22.9 Å². The summed E-state index contributed by atoms with van der Waals surface area (Å²) < 4.78 is 12.3. The normalized spacial score (nSPS) is 26.0. The molecule has 3 aliphatic rings. The first kappa shape index (κ1) is 15.7. The second-order valence-electron chi connectivity index (χ2n) is 8.06. The van der Waals surface area contributed by atoms with E-state index in [1.54, 1.807) is 0 Å². The molecule has 2 aromatic rings. The first-order valence-electron chi connectivity index (χ1n) is 9.61. The quantitative estimate of drug-likeness (QED) is 0.837. The van der Waals surface area contributed by atoms with Crippen molar-refractivity contribution in [2.24, 2.45) is 5.92 Å². The smallest absolute Gasteiger partial charge is 0.0959 e. The molecule has 25 heavy (non-hydrogen) atoms. The molecule has 0 unspecified atom stereocenters. The van der Waals surface area contributed by atoms with Gasteiger partial charge in [0.1, 0.15) is 0 Å². The van der Waals surface area contributed by atoms with E-state index < -0.39 is 0 Å². The Morgan fingerprint density at radius 2 is 2.00 bits per heavy atom. The van der Waals surface area contributed by atoms with E-state index >= 15 is 0 Å². The van der Waals surface area contributed by atoms with Crippen LogP contribution < -0.4 is 0 Å². The predicted octanol–water partition coefficient (Wildman–Crippen LogP) is 3.39. The van der Waals surface area contributed by atoms with Crippen molar-refractivity contribution in [2.45, 2.75) is 43.9 Å². The Hall–Kier alpha value is -1.49. The average Bonchev–Trinajstić information content (AvgIpc) is 3.43. The lowest BCUT2D eigenvalue weighted by molar-refractivity contribution is -0.199. The Kier molecular flexibility index (Phi) is 4.00. The number of ether oxygens (including phenoxy) is 2. The molecule has 1 atom stereocenters. The van der Waals surface area contributed by atoms with Crippen molar-refractivity contribution in [3.05, 3.63) is 42.1 Å². The zero-order valence-electron chi connectivity index (χ0n) is 14.7. The fraction of sp³-hybridized carbons (Fsp3) is 0.571. The van der Waals surface area contributed by atoms with Gasteiger partial charge in [-0.25, -0.2) is 0 Å². The van der Waals surface area contributed by atoms with Crippen molar-refractivity contribution in [1.82, 2.24) is 9.88 Å². The van der Waals surface area contributed by atoms with Crippen LogP contribution in [0.5, 0.6) is 0 Å². The van der Waals surface area contributed by atoms with Crippen LogP contribution in [0.2, 0.25) is 0 Å². The van der Waals surface area contributed by atoms with Crippen LogP contribution >= 0.6 is 0 Å². The number of para-hydroxylation sites is 1. The van der Waals surface area contributed by atoms with Crippen LogP contribution in [0.4, 0.5) is 0 Å². The van der Waals surface area contributed by atoms with Gasteiger partial charge in [-0.3, -0.25) is 9.88 Å². The molecular formula is C21H26N2O2. The Morgan fingerprint density at radius 3 is 2.88 bits per heavy atom. The summed E-state index contributed by atoms with van der Waals surface area (Å²) in [5, 5.41) is 1.21. The van der Waals surface area contributed by atoms with Gasteiger partial charge >= 0.3 is 0 Å². The lowest BCUT2D eigenvalue weighted by atomic mass is 9.84. The number of hydrogen-bond acceptors (Lipinski definition) is 4. The number of hydrogen-bond donors (Lipinski definition) is 0. The summed E-state index contributed by atoms with van der Waals surface area (Å²) in [6.07, 6.45) is 5.24. The van der Waals surface area contributed by atoms with Gasteiger partial charge < -0.3 is 9.47 Å². The average molecular weight is 338 g/mol. The minimum atomic E-state index is 0.0311. The molecule has 3 fully saturated rings. The topological polar surface area (TPSA) is 34.6 Å². The number of benzene rings is 1. The van der Waals surface area contributed by atoms with Crippen LogP contribution in [0.15, 0.2) is 36.4 Å². The number of fused-ring (bicyclic) bond motifs is 1. The molecular weight excluding hydrogens is 312 g/mol. The zero-order chi connectivity index (χ0) is 16.7. The van der Waals surface area contributed by atoms with Crippen LogP contribution in [0, 0.1) is 5.92 Å². The first-order chi connectivity index (χ1) is 12.3. The van der Waals surface area contributed by atoms with Crippen molar-refractivity contribution in [2.75, 3.05) is 26.3 Å². The van der Waals surface area contributed by atoms with Gasteiger partial charge in [0, 0.05) is 44.7 Å². The van der Waals surface area contributed by atoms with Crippen molar-refractivity contribution in [3.8, 4) is 0 Å². The Labute approximate surface area is 149 Å². The number of pyridine rings is 1. The predicted molar refractivity (Wildman–Crippen MR) is 97.4 cm³/mol. The third kappa shape index (κ3) is 3.43.